The van der Waals surface area contributed by atoms with Crippen LogP contribution < -0.4 is 0 Å². The first kappa shape index (κ1) is 29.2. The molecule has 186 valence electrons. The lowest BCUT2D eigenvalue weighted by atomic mass is 10.0. The van der Waals surface area contributed by atoms with Gasteiger partial charge in [-0.3, -0.25) is 9.59 Å². The molecule has 0 spiro atoms. The molecule has 0 saturated carbocycles. The topological polar surface area (TPSA) is 42.3 Å². The number of benzene rings is 2. The van der Waals surface area contributed by atoms with Gasteiger partial charge in [0.15, 0.2) is 0 Å². The van der Waals surface area contributed by atoms with Crippen molar-refractivity contribution in [2.45, 2.75) is 87.7 Å². The highest BCUT2D eigenvalue weighted by atomic mass is 16.2. The number of aryl methyl sites for hydroxylation is 2. The predicted molar refractivity (Wildman–Crippen MR) is 145 cm³/mol. The van der Waals surface area contributed by atoms with Crippen molar-refractivity contribution in [2.24, 2.45) is 0 Å². The molecule has 0 saturated heterocycles. The van der Waals surface area contributed by atoms with Crippen LogP contribution in [0.4, 0.5) is 0 Å². The minimum absolute atomic E-state index is 0.116. The van der Waals surface area contributed by atoms with Crippen LogP contribution in [0.15, 0.2) is 48.5 Å². The zero-order valence-electron chi connectivity index (χ0n) is 22.6. The van der Waals surface area contributed by atoms with Crippen LogP contribution in [-0.2, 0) is 41.9 Å². The molecule has 2 heterocycles. The second-order valence-corrected chi connectivity index (χ2v) is 7.91. The zero-order valence-corrected chi connectivity index (χ0v) is 22.6. The second kappa shape index (κ2) is 15.1. The Labute approximate surface area is 207 Å². The van der Waals surface area contributed by atoms with Gasteiger partial charge in [-0.25, -0.2) is 0 Å². The van der Waals surface area contributed by atoms with Crippen LogP contribution in [0.1, 0.15) is 77.8 Å². The Morgan fingerprint density at radius 3 is 2.00 bits per heavy atom. The smallest absolute Gasteiger partial charge is 0.219 e. The third kappa shape index (κ3) is 7.31. The van der Waals surface area contributed by atoms with Crippen LogP contribution in [-0.4, -0.2) is 27.7 Å². The number of Topliss-reactive ketones (excluding diaryl/α,β-unsaturated/α-hetero) is 1. The highest BCUT2D eigenvalue weighted by Crippen LogP contribution is 2.33. The molecule has 1 aliphatic heterocycles. The summed E-state index contributed by atoms with van der Waals surface area (Å²) in [5.41, 5.74) is 6.29. The molecule has 0 radical (unpaired) electrons. The van der Waals surface area contributed by atoms with Crippen molar-refractivity contribution >= 4 is 22.6 Å². The van der Waals surface area contributed by atoms with E-state index >= 15 is 0 Å². The van der Waals surface area contributed by atoms with Crippen molar-refractivity contribution in [3.63, 3.8) is 0 Å². The monoisotopic (exact) mass is 464 g/mol. The lowest BCUT2D eigenvalue weighted by molar-refractivity contribution is -0.129. The van der Waals surface area contributed by atoms with Gasteiger partial charge < -0.3 is 9.47 Å². The molecule has 0 fully saturated rings. The summed E-state index contributed by atoms with van der Waals surface area (Å²) in [4.78, 5) is 25.3. The molecular weight excluding hydrogens is 420 g/mol. The molecular formula is C30H44N2O2. The Balaban J connectivity index is 0.000000403. The molecule has 4 heteroatoms. The number of rotatable bonds is 4. The molecule has 4 rings (SSSR count). The molecule has 0 unspecified atom stereocenters. The Kier molecular flexibility index (Phi) is 13.0. The molecule has 3 aromatic rings. The summed E-state index contributed by atoms with van der Waals surface area (Å²) in [6.07, 6.45) is 2.90. The van der Waals surface area contributed by atoms with Crippen molar-refractivity contribution < 1.29 is 9.59 Å². The number of aromatic nitrogens is 1. The lowest BCUT2D eigenvalue weighted by Gasteiger charge is -2.27. The van der Waals surface area contributed by atoms with Gasteiger partial charge in [-0.05, 0) is 30.9 Å². The first-order valence-corrected chi connectivity index (χ1v) is 12.9. The van der Waals surface area contributed by atoms with Gasteiger partial charge >= 0.3 is 0 Å². The van der Waals surface area contributed by atoms with Crippen LogP contribution >= 0.6 is 0 Å². The van der Waals surface area contributed by atoms with Crippen LogP contribution in [0.2, 0.25) is 0 Å². The Morgan fingerprint density at radius 1 is 0.853 bits per heavy atom. The number of hydrogen-bond donors (Lipinski definition) is 0. The third-order valence-corrected chi connectivity index (χ3v) is 5.81. The number of hydrogen-bond acceptors (Lipinski definition) is 2. The van der Waals surface area contributed by atoms with Gasteiger partial charge in [0, 0.05) is 43.1 Å². The number of ketones is 1. The molecule has 4 nitrogen and oxygen atoms in total. The fourth-order valence-electron chi connectivity index (χ4n) is 4.24. The van der Waals surface area contributed by atoms with Gasteiger partial charge in [0.05, 0.1) is 12.1 Å². The van der Waals surface area contributed by atoms with E-state index in [9.17, 15) is 9.59 Å². The molecule has 0 N–H and O–H groups in total. The maximum atomic E-state index is 11.7. The zero-order chi connectivity index (χ0) is 25.7. The van der Waals surface area contributed by atoms with Crippen LogP contribution in [0.5, 0.6) is 0 Å². The Bertz CT molecular complexity index is 1030. The van der Waals surface area contributed by atoms with E-state index in [4.69, 9.17) is 0 Å². The van der Waals surface area contributed by atoms with Crippen LogP contribution in [0, 0.1) is 0 Å². The minimum atomic E-state index is 0.116. The van der Waals surface area contributed by atoms with Crippen molar-refractivity contribution in [3.05, 3.63) is 70.9 Å². The number of carbonyl (C=O) groups excluding carboxylic acids is 2. The number of para-hydroxylation sites is 1. The van der Waals surface area contributed by atoms with E-state index < -0.39 is 0 Å². The maximum absolute atomic E-state index is 11.7. The van der Waals surface area contributed by atoms with E-state index in [-0.39, 0.29) is 11.7 Å². The predicted octanol–water partition coefficient (Wildman–Crippen LogP) is 7.00. The molecule has 0 bridgehead atoms. The first-order valence-electron chi connectivity index (χ1n) is 12.9. The number of carbonyl (C=O) groups is 2. The molecule has 34 heavy (non-hydrogen) atoms. The summed E-state index contributed by atoms with van der Waals surface area (Å²) in [5.74, 6) is 0.282. The van der Waals surface area contributed by atoms with Crippen molar-refractivity contribution in [1.29, 1.82) is 0 Å². The Morgan fingerprint density at radius 2 is 1.50 bits per heavy atom. The SMILES string of the molecule is CC.CC.CCc1cccc2c3c(n(CC(C)=O)c12)CCN(C(C)=O)C3.CCc1ccccc1. The Hall–Kier alpha value is -2.88. The van der Waals surface area contributed by atoms with Crippen molar-refractivity contribution in [1.82, 2.24) is 9.47 Å². The number of nitrogens with zero attached hydrogens (tertiary/aromatic N) is 2. The van der Waals surface area contributed by atoms with E-state index in [2.05, 4.69) is 60.9 Å². The molecule has 1 aliphatic rings. The lowest BCUT2D eigenvalue weighted by Crippen LogP contribution is -2.34. The highest BCUT2D eigenvalue weighted by molar-refractivity contribution is 5.90. The summed E-state index contributed by atoms with van der Waals surface area (Å²) in [6.45, 7) is 17.4. The van der Waals surface area contributed by atoms with E-state index in [1.165, 1.54) is 33.3 Å². The van der Waals surface area contributed by atoms with Gasteiger partial charge in [0.2, 0.25) is 5.91 Å². The average Bonchev–Trinajstić information content (AvgIpc) is 3.20. The molecule has 2 aromatic carbocycles. The van der Waals surface area contributed by atoms with Crippen molar-refractivity contribution in [2.75, 3.05) is 6.54 Å². The average molecular weight is 465 g/mol. The van der Waals surface area contributed by atoms with E-state index in [1.54, 1.807) is 13.8 Å². The summed E-state index contributed by atoms with van der Waals surface area (Å²) in [7, 11) is 0. The maximum Gasteiger partial charge on any atom is 0.219 e. The van der Waals surface area contributed by atoms with E-state index in [1.807, 2.05) is 38.7 Å². The minimum Gasteiger partial charge on any atom is -0.338 e. The van der Waals surface area contributed by atoms with Crippen LogP contribution in [0.3, 0.4) is 0 Å². The van der Waals surface area contributed by atoms with Gasteiger partial charge in [0.1, 0.15) is 5.78 Å². The fourth-order valence-corrected chi connectivity index (χ4v) is 4.24. The van der Waals surface area contributed by atoms with Crippen LogP contribution in [0.25, 0.3) is 10.9 Å². The van der Waals surface area contributed by atoms with E-state index in [0.717, 1.165) is 25.8 Å². The number of amides is 1. The number of fused-ring (bicyclic) bond motifs is 3. The largest absolute Gasteiger partial charge is 0.338 e. The quantitative estimate of drug-likeness (QED) is 0.417. The highest BCUT2D eigenvalue weighted by Gasteiger charge is 2.26. The van der Waals surface area contributed by atoms with Gasteiger partial charge in [0.25, 0.3) is 0 Å². The summed E-state index contributed by atoms with van der Waals surface area (Å²) in [6, 6.07) is 16.8. The molecule has 1 aromatic heterocycles. The molecule has 0 aliphatic carbocycles. The van der Waals surface area contributed by atoms with Gasteiger partial charge in [-0.2, -0.15) is 0 Å². The van der Waals surface area contributed by atoms with E-state index in [0.29, 0.717) is 13.1 Å². The fraction of sp³-hybridized carbons (Fsp3) is 0.467. The molecule has 1 amide bonds. The van der Waals surface area contributed by atoms with Gasteiger partial charge in [-0.15, -0.1) is 0 Å². The van der Waals surface area contributed by atoms with Crippen molar-refractivity contribution in [3.8, 4) is 0 Å². The third-order valence-electron chi connectivity index (χ3n) is 5.81. The standard InChI is InChI=1S/C18H22N2O2.C8H10.2C2H6/c1-4-14-6-5-7-15-16-11-19(13(3)22)9-8-17(16)20(18(14)15)10-12(2)21;1-2-8-6-4-3-5-7-8;2*1-2/h5-7H,4,8-11H2,1-3H3;3-7H,2H2,1H3;2*1-2H3. The summed E-state index contributed by atoms with van der Waals surface area (Å²) >= 11 is 0. The van der Waals surface area contributed by atoms with Gasteiger partial charge in [-0.1, -0.05) is 90.1 Å². The summed E-state index contributed by atoms with van der Waals surface area (Å²) in [5, 5.41) is 1.20. The first-order chi connectivity index (χ1) is 16.5. The normalized spacial score (nSPS) is 11.7. The summed E-state index contributed by atoms with van der Waals surface area (Å²) < 4.78 is 2.18. The second-order valence-electron chi connectivity index (χ2n) is 7.91. The molecule has 0 atom stereocenters.